The second-order valence-electron chi connectivity index (χ2n) is 7.78. The van der Waals surface area contributed by atoms with Gasteiger partial charge in [-0.15, -0.1) is 0 Å². The maximum Gasteiger partial charge on any atom is 0.340 e. The molecule has 0 aromatic heterocycles. The molecule has 0 bridgehead atoms. The van der Waals surface area contributed by atoms with Crippen LogP contribution < -0.4 is 15.7 Å². The van der Waals surface area contributed by atoms with E-state index in [1.807, 2.05) is 0 Å². The Morgan fingerprint density at radius 3 is 1.08 bits per heavy atom. The number of anilines is 2. The van der Waals surface area contributed by atoms with Crippen LogP contribution in [0.2, 0.25) is 0 Å². The summed E-state index contributed by atoms with van der Waals surface area (Å²) in [6, 6.07) is 11.4. The van der Waals surface area contributed by atoms with Gasteiger partial charge in [0.15, 0.2) is 58.2 Å². The molecule has 13 heteroatoms. The number of para-hydroxylation sites is 2. The molecular weight excluding hydrogens is 535 g/mol. The molecule has 37 heavy (non-hydrogen) atoms. The summed E-state index contributed by atoms with van der Waals surface area (Å²) in [4.78, 5) is 1.38. The number of halogens is 10. The highest BCUT2D eigenvalue weighted by Crippen LogP contribution is 2.48. The first kappa shape index (κ1) is 25.1. The molecule has 0 amide bonds. The molecule has 4 aromatic carbocycles. The van der Waals surface area contributed by atoms with E-state index in [0.29, 0.717) is 9.79 Å². The van der Waals surface area contributed by atoms with Crippen molar-refractivity contribution in [2.24, 2.45) is 0 Å². The van der Waals surface area contributed by atoms with E-state index < -0.39 is 75.9 Å². The van der Waals surface area contributed by atoms with Crippen molar-refractivity contribution in [3.05, 3.63) is 107 Å². The molecule has 0 N–H and O–H groups in total. The maximum atomic E-state index is 15.1. The van der Waals surface area contributed by atoms with Gasteiger partial charge in [-0.3, -0.25) is 0 Å². The minimum absolute atomic E-state index is 0.0518. The average molecular weight is 543 g/mol. The molecule has 0 fully saturated rings. The summed E-state index contributed by atoms with van der Waals surface area (Å²) in [6.45, 7) is -2.72. The average Bonchev–Trinajstić information content (AvgIpc) is 2.91. The minimum atomic E-state index is -2.72. The Balaban J connectivity index is 1.98. The van der Waals surface area contributed by atoms with Gasteiger partial charge >= 0.3 is 6.85 Å². The summed E-state index contributed by atoms with van der Waals surface area (Å²) in [5.74, 6) is -25.0. The van der Waals surface area contributed by atoms with Crippen molar-refractivity contribution in [3.63, 3.8) is 0 Å². The molecular formula is C24H8BF10NS. The van der Waals surface area contributed by atoms with Gasteiger partial charge in [0.25, 0.3) is 0 Å². The standard InChI is InChI=1S/C24H8BF10NS/c26-15-13(16(27)20(31)23(34)19(15)30)25(14-17(28)21(32)24(35)22(33)18(14)29)36-9-5-1-3-7-11(9)37-12-8-4-2-6-10(12)36/h1-8H. The SMILES string of the molecule is Fc1c(F)c(F)c(B(c2c(F)c(F)c(F)c(F)c2F)N2c3ccccc3Sc3ccccc32)c(F)c1F. The Kier molecular flexibility index (Phi) is 6.13. The van der Waals surface area contributed by atoms with Gasteiger partial charge in [-0.1, -0.05) is 36.0 Å². The van der Waals surface area contributed by atoms with Gasteiger partial charge in [0.2, 0.25) is 0 Å². The van der Waals surface area contributed by atoms with Crippen LogP contribution in [-0.2, 0) is 0 Å². The second kappa shape index (κ2) is 9.05. The van der Waals surface area contributed by atoms with Crippen molar-refractivity contribution in [1.29, 1.82) is 0 Å². The monoisotopic (exact) mass is 543 g/mol. The first-order valence-electron chi connectivity index (χ1n) is 10.2. The van der Waals surface area contributed by atoms with E-state index in [2.05, 4.69) is 0 Å². The van der Waals surface area contributed by atoms with Crippen LogP contribution in [0.3, 0.4) is 0 Å². The van der Waals surface area contributed by atoms with Gasteiger partial charge in [-0.05, 0) is 24.3 Å². The fourth-order valence-electron chi connectivity index (χ4n) is 4.14. The lowest BCUT2D eigenvalue weighted by molar-refractivity contribution is 0.382. The molecule has 0 saturated carbocycles. The molecule has 0 radical (unpaired) electrons. The first-order valence-corrected chi connectivity index (χ1v) is 11.1. The molecule has 0 saturated heterocycles. The Morgan fingerprint density at radius 1 is 0.432 bits per heavy atom. The van der Waals surface area contributed by atoms with E-state index in [1.54, 1.807) is 0 Å². The van der Waals surface area contributed by atoms with Gasteiger partial charge in [0, 0.05) is 32.1 Å². The molecule has 1 aliphatic rings. The summed E-state index contributed by atoms with van der Waals surface area (Å²) in [5, 5.41) is 0. The molecule has 1 nitrogen and oxygen atoms in total. The zero-order valence-corrected chi connectivity index (χ0v) is 18.6. The Labute approximate surface area is 206 Å². The number of hydrogen-bond donors (Lipinski definition) is 0. The number of benzene rings is 4. The fourth-order valence-corrected chi connectivity index (χ4v) is 5.21. The van der Waals surface area contributed by atoms with Crippen LogP contribution in [0.1, 0.15) is 0 Å². The minimum Gasteiger partial charge on any atom is -0.375 e. The molecule has 0 atom stereocenters. The van der Waals surface area contributed by atoms with Crippen LogP contribution in [0.4, 0.5) is 55.3 Å². The third kappa shape index (κ3) is 3.66. The van der Waals surface area contributed by atoms with Gasteiger partial charge < -0.3 is 4.81 Å². The maximum absolute atomic E-state index is 15.1. The summed E-state index contributed by atoms with van der Waals surface area (Å²) in [7, 11) is 0. The predicted octanol–water partition coefficient (Wildman–Crippen LogP) is 6.49. The quantitative estimate of drug-likeness (QED) is 0.126. The zero-order chi connectivity index (χ0) is 26.8. The molecule has 188 valence electrons. The molecule has 0 unspecified atom stereocenters. The Hall–Kier alpha value is -3.61. The van der Waals surface area contributed by atoms with Crippen molar-refractivity contribution >= 4 is 40.9 Å². The summed E-state index contributed by atoms with van der Waals surface area (Å²) < 4.78 is 145. The lowest BCUT2D eigenvalue weighted by atomic mass is 9.47. The lowest BCUT2D eigenvalue weighted by Crippen LogP contribution is -2.60. The third-order valence-corrected chi connectivity index (χ3v) is 6.89. The van der Waals surface area contributed by atoms with Gasteiger partial charge in [-0.2, -0.15) is 0 Å². The summed E-state index contributed by atoms with van der Waals surface area (Å²) in [5.41, 5.74) is -3.72. The second-order valence-corrected chi connectivity index (χ2v) is 8.86. The van der Waals surface area contributed by atoms with Crippen molar-refractivity contribution in [3.8, 4) is 0 Å². The highest BCUT2D eigenvalue weighted by Gasteiger charge is 2.46. The van der Waals surface area contributed by atoms with Crippen molar-refractivity contribution < 1.29 is 43.9 Å². The summed E-state index contributed by atoms with van der Waals surface area (Å²) in [6.07, 6.45) is 0. The number of hydrogen-bond acceptors (Lipinski definition) is 2. The van der Waals surface area contributed by atoms with Crippen LogP contribution in [0.25, 0.3) is 0 Å². The normalized spacial score (nSPS) is 12.4. The van der Waals surface area contributed by atoms with Crippen LogP contribution in [0, 0.1) is 58.2 Å². The molecule has 5 rings (SSSR count). The van der Waals surface area contributed by atoms with Crippen LogP contribution in [0.5, 0.6) is 0 Å². The number of fused-ring (bicyclic) bond motifs is 2. The molecule has 4 aromatic rings. The predicted molar refractivity (Wildman–Crippen MR) is 117 cm³/mol. The van der Waals surface area contributed by atoms with Crippen LogP contribution in [0.15, 0.2) is 58.3 Å². The van der Waals surface area contributed by atoms with Crippen molar-refractivity contribution in [2.75, 3.05) is 4.81 Å². The fraction of sp³-hybridized carbons (Fsp3) is 0. The largest absolute Gasteiger partial charge is 0.375 e. The molecule has 0 aliphatic carbocycles. The van der Waals surface area contributed by atoms with E-state index >= 15 is 17.6 Å². The van der Waals surface area contributed by atoms with Gasteiger partial charge in [-0.25, -0.2) is 43.9 Å². The highest BCUT2D eigenvalue weighted by molar-refractivity contribution is 7.99. The van der Waals surface area contributed by atoms with E-state index in [0.717, 1.165) is 16.6 Å². The summed E-state index contributed by atoms with van der Waals surface area (Å²) >= 11 is 1.10. The van der Waals surface area contributed by atoms with Crippen molar-refractivity contribution in [1.82, 2.24) is 0 Å². The first-order chi connectivity index (χ1) is 17.6. The Bertz CT molecular complexity index is 1420. The topological polar surface area (TPSA) is 3.24 Å². The highest BCUT2D eigenvalue weighted by atomic mass is 32.2. The molecule has 0 spiro atoms. The van der Waals surface area contributed by atoms with Crippen molar-refractivity contribution in [2.45, 2.75) is 9.79 Å². The molecule has 1 aliphatic heterocycles. The van der Waals surface area contributed by atoms with Crippen LogP contribution >= 0.6 is 11.8 Å². The third-order valence-electron chi connectivity index (χ3n) is 5.76. The van der Waals surface area contributed by atoms with E-state index in [9.17, 15) is 26.3 Å². The lowest BCUT2D eigenvalue weighted by Gasteiger charge is -2.38. The van der Waals surface area contributed by atoms with Gasteiger partial charge in [0.1, 0.15) is 0 Å². The smallest absolute Gasteiger partial charge is 0.340 e. The number of nitrogens with zero attached hydrogens (tertiary/aromatic N) is 1. The van der Waals surface area contributed by atoms with Gasteiger partial charge in [0.05, 0.1) is 0 Å². The Morgan fingerprint density at radius 2 is 0.730 bits per heavy atom. The molecule has 1 heterocycles. The van der Waals surface area contributed by atoms with E-state index in [-0.39, 0.29) is 11.4 Å². The van der Waals surface area contributed by atoms with E-state index in [4.69, 9.17) is 0 Å². The van der Waals surface area contributed by atoms with E-state index in [1.165, 1.54) is 48.5 Å². The van der Waals surface area contributed by atoms with Crippen LogP contribution in [-0.4, -0.2) is 6.85 Å². The zero-order valence-electron chi connectivity index (χ0n) is 17.8. The number of rotatable bonds is 3.